The zero-order valence-electron chi connectivity index (χ0n) is 11.5. The number of esters is 1. The van der Waals surface area contributed by atoms with E-state index in [9.17, 15) is 18.0 Å². The number of rotatable bonds is 5. The maximum absolute atomic E-state index is 12.2. The van der Waals surface area contributed by atoms with E-state index >= 15 is 0 Å². The molecular weight excluding hydrogens is 261 g/mol. The van der Waals surface area contributed by atoms with Crippen LogP contribution < -0.4 is 5.32 Å². The molecule has 19 heavy (non-hydrogen) atoms. The van der Waals surface area contributed by atoms with Crippen LogP contribution >= 0.6 is 0 Å². The predicted molar refractivity (Wildman–Crippen MR) is 64.7 cm³/mol. The molecule has 0 spiro atoms. The van der Waals surface area contributed by atoms with Gasteiger partial charge in [-0.25, -0.2) is 0 Å². The first-order valence-electron chi connectivity index (χ1n) is 6.39. The van der Waals surface area contributed by atoms with Gasteiger partial charge in [0.05, 0.1) is 12.6 Å². The summed E-state index contributed by atoms with van der Waals surface area (Å²) in [6, 6.07) is -0.497. The number of carbonyl (C=O) groups excluding carboxylic acids is 1. The van der Waals surface area contributed by atoms with Crippen LogP contribution in [-0.4, -0.2) is 55.4 Å². The summed E-state index contributed by atoms with van der Waals surface area (Å²) >= 11 is 0. The number of halogens is 3. The second kappa shape index (κ2) is 6.56. The van der Waals surface area contributed by atoms with E-state index in [2.05, 4.69) is 5.32 Å². The highest BCUT2D eigenvalue weighted by atomic mass is 19.4. The molecule has 1 heterocycles. The number of hydrogen-bond acceptors (Lipinski definition) is 4. The molecule has 1 saturated heterocycles. The molecule has 0 aromatic rings. The summed E-state index contributed by atoms with van der Waals surface area (Å²) < 4.78 is 41.6. The highest BCUT2D eigenvalue weighted by Crippen LogP contribution is 2.18. The fourth-order valence-corrected chi connectivity index (χ4v) is 2.21. The van der Waals surface area contributed by atoms with Crippen LogP contribution in [0.4, 0.5) is 13.2 Å². The lowest BCUT2D eigenvalue weighted by Gasteiger charge is -2.22. The zero-order chi connectivity index (χ0) is 14.6. The quantitative estimate of drug-likeness (QED) is 0.777. The number of nitrogens with one attached hydrogen (secondary N) is 1. The zero-order valence-corrected chi connectivity index (χ0v) is 11.5. The topological polar surface area (TPSA) is 41.6 Å². The molecule has 2 unspecified atom stereocenters. The van der Waals surface area contributed by atoms with Crippen molar-refractivity contribution in [1.82, 2.24) is 10.2 Å². The molecule has 0 radical (unpaired) electrons. The average Bonchev–Trinajstić information content (AvgIpc) is 2.61. The maximum Gasteiger partial charge on any atom is 0.401 e. The molecule has 0 saturated carbocycles. The van der Waals surface area contributed by atoms with Crippen LogP contribution in [0, 0.1) is 0 Å². The largest absolute Gasteiger partial charge is 0.462 e. The van der Waals surface area contributed by atoms with Gasteiger partial charge in [-0.05, 0) is 33.7 Å². The van der Waals surface area contributed by atoms with E-state index in [0.717, 1.165) is 0 Å². The fourth-order valence-electron chi connectivity index (χ4n) is 2.21. The van der Waals surface area contributed by atoms with Gasteiger partial charge in [-0.2, -0.15) is 13.2 Å². The summed E-state index contributed by atoms with van der Waals surface area (Å²) in [5.41, 5.74) is 0. The molecule has 2 atom stereocenters. The van der Waals surface area contributed by atoms with Gasteiger partial charge >= 0.3 is 12.1 Å². The Morgan fingerprint density at radius 2 is 2.05 bits per heavy atom. The number of nitrogens with zero attached hydrogens (tertiary/aromatic N) is 1. The standard InChI is InChI=1S/C12H21F3N2O2/c1-8(2)19-11(18)10-5-4-9(16-10)6-17(3)7-12(13,14)15/h8-10,16H,4-7H2,1-3H3. The van der Waals surface area contributed by atoms with Crippen molar-refractivity contribution in [3.05, 3.63) is 0 Å². The first kappa shape index (κ1) is 16.2. The smallest absolute Gasteiger partial charge is 0.401 e. The van der Waals surface area contributed by atoms with Crippen molar-refractivity contribution in [2.24, 2.45) is 0 Å². The highest BCUT2D eigenvalue weighted by Gasteiger charge is 2.34. The van der Waals surface area contributed by atoms with E-state index < -0.39 is 18.8 Å². The number of carbonyl (C=O) groups is 1. The van der Waals surface area contributed by atoms with Crippen LogP contribution in [0.3, 0.4) is 0 Å². The Hall–Kier alpha value is -0.820. The molecule has 1 aliphatic rings. The van der Waals surface area contributed by atoms with Crippen LogP contribution in [0.1, 0.15) is 26.7 Å². The first-order valence-corrected chi connectivity index (χ1v) is 6.39. The monoisotopic (exact) mass is 282 g/mol. The summed E-state index contributed by atoms with van der Waals surface area (Å²) in [5, 5.41) is 3.03. The first-order chi connectivity index (χ1) is 8.67. The van der Waals surface area contributed by atoms with Gasteiger partial charge in [-0.1, -0.05) is 0 Å². The number of hydrogen-bond donors (Lipinski definition) is 1. The van der Waals surface area contributed by atoms with Gasteiger partial charge in [0.15, 0.2) is 0 Å². The minimum Gasteiger partial charge on any atom is -0.462 e. The lowest BCUT2D eigenvalue weighted by Crippen LogP contribution is -2.44. The Kier molecular flexibility index (Phi) is 5.61. The molecule has 1 fully saturated rings. The molecule has 0 aromatic carbocycles. The number of alkyl halides is 3. The third kappa shape index (κ3) is 6.24. The average molecular weight is 282 g/mol. The van der Waals surface area contributed by atoms with Crippen molar-refractivity contribution in [2.45, 2.75) is 51.1 Å². The third-order valence-corrected chi connectivity index (χ3v) is 2.86. The second-order valence-electron chi connectivity index (χ2n) is 5.29. The van der Waals surface area contributed by atoms with Gasteiger partial charge in [-0.3, -0.25) is 9.69 Å². The molecule has 1 aliphatic heterocycles. The van der Waals surface area contributed by atoms with Gasteiger partial charge in [0.2, 0.25) is 0 Å². The second-order valence-corrected chi connectivity index (χ2v) is 5.29. The van der Waals surface area contributed by atoms with Crippen LogP contribution in [-0.2, 0) is 9.53 Å². The molecule has 1 rings (SSSR count). The van der Waals surface area contributed by atoms with Crippen LogP contribution in [0.15, 0.2) is 0 Å². The van der Waals surface area contributed by atoms with Crippen molar-refractivity contribution in [3.8, 4) is 0 Å². The maximum atomic E-state index is 12.2. The molecular formula is C12H21F3N2O2. The third-order valence-electron chi connectivity index (χ3n) is 2.86. The molecule has 0 aliphatic carbocycles. The number of likely N-dealkylation sites (N-methyl/N-ethyl adjacent to an activating group) is 1. The molecule has 112 valence electrons. The van der Waals surface area contributed by atoms with Crippen molar-refractivity contribution in [1.29, 1.82) is 0 Å². The summed E-state index contributed by atoms with van der Waals surface area (Å²) in [7, 11) is 1.43. The Bertz CT molecular complexity index is 308. The highest BCUT2D eigenvalue weighted by molar-refractivity contribution is 5.76. The van der Waals surface area contributed by atoms with Crippen LogP contribution in [0.5, 0.6) is 0 Å². The summed E-state index contributed by atoms with van der Waals surface area (Å²) in [5.74, 6) is -0.323. The van der Waals surface area contributed by atoms with E-state index in [1.54, 1.807) is 13.8 Å². The van der Waals surface area contributed by atoms with Gasteiger partial charge in [-0.15, -0.1) is 0 Å². The van der Waals surface area contributed by atoms with Crippen molar-refractivity contribution in [3.63, 3.8) is 0 Å². The van der Waals surface area contributed by atoms with Crippen LogP contribution in [0.2, 0.25) is 0 Å². The van der Waals surface area contributed by atoms with Crippen molar-refractivity contribution in [2.75, 3.05) is 20.1 Å². The van der Waals surface area contributed by atoms with E-state index in [1.165, 1.54) is 11.9 Å². The Morgan fingerprint density at radius 1 is 1.42 bits per heavy atom. The molecule has 0 aromatic heterocycles. The van der Waals surface area contributed by atoms with E-state index in [4.69, 9.17) is 4.74 Å². The van der Waals surface area contributed by atoms with Crippen LogP contribution in [0.25, 0.3) is 0 Å². The molecule has 0 bridgehead atoms. The van der Waals surface area contributed by atoms with Crippen molar-refractivity contribution < 1.29 is 22.7 Å². The lowest BCUT2D eigenvalue weighted by molar-refractivity contribution is -0.150. The fraction of sp³-hybridized carbons (Fsp3) is 0.917. The van der Waals surface area contributed by atoms with E-state index in [0.29, 0.717) is 12.8 Å². The molecule has 4 nitrogen and oxygen atoms in total. The molecule has 7 heteroatoms. The predicted octanol–water partition coefficient (Wildman–Crippen LogP) is 1.55. The summed E-state index contributed by atoms with van der Waals surface area (Å²) in [6.07, 6.45) is -3.08. The van der Waals surface area contributed by atoms with E-state index in [1.807, 2.05) is 0 Å². The summed E-state index contributed by atoms with van der Waals surface area (Å²) in [6.45, 7) is 2.86. The number of ether oxygens (including phenoxy) is 1. The minimum absolute atomic E-state index is 0.0999. The Balaban J connectivity index is 2.34. The van der Waals surface area contributed by atoms with Gasteiger partial charge < -0.3 is 10.1 Å². The van der Waals surface area contributed by atoms with Gasteiger partial charge in [0.1, 0.15) is 6.04 Å². The Labute approximate surface area is 111 Å². The van der Waals surface area contributed by atoms with Gasteiger partial charge in [0, 0.05) is 12.6 Å². The molecule has 0 amide bonds. The SMILES string of the molecule is CC(C)OC(=O)C1CCC(CN(C)CC(F)(F)F)N1. The van der Waals surface area contributed by atoms with Gasteiger partial charge in [0.25, 0.3) is 0 Å². The minimum atomic E-state index is -4.19. The lowest BCUT2D eigenvalue weighted by atomic mass is 10.2. The van der Waals surface area contributed by atoms with Crippen molar-refractivity contribution >= 4 is 5.97 Å². The summed E-state index contributed by atoms with van der Waals surface area (Å²) in [4.78, 5) is 12.9. The van der Waals surface area contributed by atoms with E-state index in [-0.39, 0.29) is 24.7 Å². The molecule has 1 N–H and O–H groups in total. The normalized spacial score (nSPS) is 24.2. The Morgan fingerprint density at radius 3 is 2.58 bits per heavy atom.